The predicted molar refractivity (Wildman–Crippen MR) is 72.6 cm³/mol. The number of aromatic nitrogens is 1. The van der Waals surface area contributed by atoms with Gasteiger partial charge in [-0.25, -0.2) is 9.78 Å². The van der Waals surface area contributed by atoms with Crippen LogP contribution in [0.2, 0.25) is 0 Å². The number of carbonyl (C=O) groups is 2. The molecule has 0 radical (unpaired) electrons. The molecule has 98 valence electrons. The lowest BCUT2D eigenvalue weighted by Crippen LogP contribution is -2.12. The summed E-state index contributed by atoms with van der Waals surface area (Å²) in [6, 6.07) is 7.25. The van der Waals surface area contributed by atoms with Gasteiger partial charge in [0.25, 0.3) is 5.91 Å². The molecule has 0 aliphatic carbocycles. The summed E-state index contributed by atoms with van der Waals surface area (Å²) in [6.07, 6.45) is 1.38. The summed E-state index contributed by atoms with van der Waals surface area (Å²) in [7, 11) is 1.30. The Balaban J connectivity index is 2.14. The summed E-state index contributed by atoms with van der Waals surface area (Å²) in [5.41, 5.74) is 1.46. The van der Waals surface area contributed by atoms with Crippen LogP contribution in [0, 0.1) is 6.92 Å². The molecule has 0 bridgehead atoms. The van der Waals surface area contributed by atoms with Gasteiger partial charge in [0, 0.05) is 5.56 Å². The van der Waals surface area contributed by atoms with Gasteiger partial charge in [0.1, 0.15) is 4.88 Å². The van der Waals surface area contributed by atoms with Gasteiger partial charge in [-0.15, -0.1) is 0 Å². The van der Waals surface area contributed by atoms with Gasteiger partial charge in [0.15, 0.2) is 5.13 Å². The van der Waals surface area contributed by atoms with Crippen LogP contribution in [-0.2, 0) is 4.74 Å². The van der Waals surface area contributed by atoms with Crippen LogP contribution in [0.1, 0.15) is 25.6 Å². The van der Waals surface area contributed by atoms with Gasteiger partial charge in [-0.2, -0.15) is 0 Å². The Bertz CT molecular complexity index is 622. The maximum atomic E-state index is 12.0. The minimum Gasteiger partial charge on any atom is -0.465 e. The molecular formula is C13H12N2O3S. The van der Waals surface area contributed by atoms with E-state index in [1.165, 1.54) is 13.3 Å². The highest BCUT2D eigenvalue weighted by Crippen LogP contribution is 2.20. The van der Waals surface area contributed by atoms with E-state index in [9.17, 15) is 9.59 Å². The van der Waals surface area contributed by atoms with Gasteiger partial charge >= 0.3 is 5.97 Å². The van der Waals surface area contributed by atoms with E-state index in [-0.39, 0.29) is 5.91 Å². The molecule has 0 fully saturated rings. The van der Waals surface area contributed by atoms with E-state index < -0.39 is 5.97 Å². The molecular weight excluding hydrogens is 264 g/mol. The van der Waals surface area contributed by atoms with Crippen molar-refractivity contribution in [3.8, 4) is 0 Å². The zero-order valence-electron chi connectivity index (χ0n) is 10.5. The Hall–Kier alpha value is -2.21. The molecule has 1 N–H and O–H groups in total. The first-order chi connectivity index (χ1) is 9.11. The SMILES string of the molecule is COC(=O)c1cnc(NC(=O)c2ccccc2C)s1. The number of anilines is 1. The molecule has 0 aliphatic heterocycles. The third kappa shape index (κ3) is 2.97. The average molecular weight is 276 g/mol. The first kappa shape index (κ1) is 13.2. The van der Waals surface area contributed by atoms with Gasteiger partial charge in [-0.1, -0.05) is 29.5 Å². The van der Waals surface area contributed by atoms with E-state index in [0.717, 1.165) is 16.9 Å². The second-order valence-electron chi connectivity index (χ2n) is 3.79. The molecule has 2 rings (SSSR count). The molecule has 0 saturated heterocycles. The first-order valence-electron chi connectivity index (χ1n) is 5.53. The number of methoxy groups -OCH3 is 1. The highest BCUT2D eigenvalue weighted by atomic mass is 32.1. The molecule has 2 aromatic rings. The third-order valence-electron chi connectivity index (χ3n) is 2.50. The summed E-state index contributed by atoms with van der Waals surface area (Å²) < 4.78 is 4.58. The van der Waals surface area contributed by atoms with Crippen molar-refractivity contribution in [1.29, 1.82) is 0 Å². The molecule has 0 aliphatic rings. The van der Waals surface area contributed by atoms with Crippen LogP contribution >= 0.6 is 11.3 Å². The average Bonchev–Trinajstić information content (AvgIpc) is 2.86. The molecule has 1 aromatic carbocycles. The van der Waals surface area contributed by atoms with Crippen LogP contribution in [-0.4, -0.2) is 24.0 Å². The monoisotopic (exact) mass is 276 g/mol. The van der Waals surface area contributed by atoms with Crippen LogP contribution < -0.4 is 5.32 Å². The molecule has 19 heavy (non-hydrogen) atoms. The number of hydrogen-bond acceptors (Lipinski definition) is 5. The number of nitrogens with one attached hydrogen (secondary N) is 1. The Morgan fingerprint density at radius 1 is 1.32 bits per heavy atom. The Morgan fingerprint density at radius 2 is 2.05 bits per heavy atom. The van der Waals surface area contributed by atoms with Gasteiger partial charge in [0.05, 0.1) is 13.3 Å². The number of rotatable bonds is 3. The topological polar surface area (TPSA) is 68.3 Å². The van der Waals surface area contributed by atoms with Gasteiger partial charge in [0.2, 0.25) is 0 Å². The Labute approximate surface area is 114 Å². The minimum atomic E-state index is -0.464. The summed E-state index contributed by atoms with van der Waals surface area (Å²) in [5, 5.41) is 3.03. The highest BCUT2D eigenvalue weighted by Gasteiger charge is 2.14. The molecule has 5 nitrogen and oxygen atoms in total. The number of carbonyl (C=O) groups excluding carboxylic acids is 2. The van der Waals surface area contributed by atoms with Crippen molar-refractivity contribution in [3.63, 3.8) is 0 Å². The summed E-state index contributed by atoms with van der Waals surface area (Å²) in [5.74, 6) is -0.710. The fraction of sp³-hybridized carbons (Fsp3) is 0.154. The lowest BCUT2D eigenvalue weighted by atomic mass is 10.1. The van der Waals surface area contributed by atoms with Crippen molar-refractivity contribution in [2.45, 2.75) is 6.92 Å². The van der Waals surface area contributed by atoms with Crippen LogP contribution in [0.25, 0.3) is 0 Å². The zero-order chi connectivity index (χ0) is 13.8. The number of esters is 1. The highest BCUT2D eigenvalue weighted by molar-refractivity contribution is 7.17. The number of hydrogen-bond donors (Lipinski definition) is 1. The van der Waals surface area contributed by atoms with Crippen molar-refractivity contribution < 1.29 is 14.3 Å². The molecule has 0 unspecified atom stereocenters. The van der Waals surface area contributed by atoms with E-state index in [2.05, 4.69) is 15.0 Å². The number of nitrogens with zero attached hydrogens (tertiary/aromatic N) is 1. The molecule has 0 saturated carbocycles. The van der Waals surface area contributed by atoms with Crippen molar-refractivity contribution in [3.05, 3.63) is 46.5 Å². The quantitative estimate of drug-likeness (QED) is 0.874. The van der Waals surface area contributed by atoms with E-state index in [0.29, 0.717) is 15.6 Å². The molecule has 6 heteroatoms. The number of amides is 1. The van der Waals surface area contributed by atoms with Crippen LogP contribution in [0.3, 0.4) is 0 Å². The second-order valence-corrected chi connectivity index (χ2v) is 4.82. The van der Waals surface area contributed by atoms with Gasteiger partial charge in [-0.3, -0.25) is 10.1 Å². The van der Waals surface area contributed by atoms with Crippen LogP contribution in [0.5, 0.6) is 0 Å². The smallest absolute Gasteiger partial charge is 0.349 e. The fourth-order valence-electron chi connectivity index (χ4n) is 1.52. The Kier molecular flexibility index (Phi) is 3.91. The lowest BCUT2D eigenvalue weighted by molar-refractivity contribution is 0.0606. The summed E-state index contributed by atoms with van der Waals surface area (Å²) in [4.78, 5) is 27.6. The maximum Gasteiger partial charge on any atom is 0.349 e. The molecule has 0 atom stereocenters. The maximum absolute atomic E-state index is 12.0. The molecule has 0 spiro atoms. The number of aryl methyl sites for hydroxylation is 1. The normalized spacial score (nSPS) is 10.0. The number of thiazole rings is 1. The predicted octanol–water partition coefficient (Wildman–Crippen LogP) is 2.49. The largest absolute Gasteiger partial charge is 0.465 e. The number of ether oxygens (including phenoxy) is 1. The standard InChI is InChI=1S/C13H12N2O3S/c1-8-5-3-4-6-9(8)11(16)15-13-14-7-10(19-13)12(17)18-2/h3-7H,1-2H3,(H,14,15,16). The number of benzene rings is 1. The van der Waals surface area contributed by atoms with Crippen molar-refractivity contribution >= 4 is 28.3 Å². The van der Waals surface area contributed by atoms with Crippen molar-refractivity contribution in [1.82, 2.24) is 4.98 Å². The zero-order valence-corrected chi connectivity index (χ0v) is 11.3. The van der Waals surface area contributed by atoms with E-state index in [1.54, 1.807) is 12.1 Å². The minimum absolute atomic E-state index is 0.246. The van der Waals surface area contributed by atoms with Crippen molar-refractivity contribution in [2.24, 2.45) is 0 Å². The second kappa shape index (κ2) is 5.62. The Morgan fingerprint density at radius 3 is 2.74 bits per heavy atom. The first-order valence-corrected chi connectivity index (χ1v) is 6.34. The third-order valence-corrected chi connectivity index (χ3v) is 3.40. The molecule has 1 amide bonds. The van der Waals surface area contributed by atoms with Gasteiger partial charge < -0.3 is 4.74 Å². The van der Waals surface area contributed by atoms with Crippen LogP contribution in [0.4, 0.5) is 5.13 Å². The van der Waals surface area contributed by atoms with Gasteiger partial charge in [-0.05, 0) is 18.6 Å². The van der Waals surface area contributed by atoms with Crippen LogP contribution in [0.15, 0.2) is 30.5 Å². The summed E-state index contributed by atoms with van der Waals surface area (Å²) >= 11 is 1.08. The lowest BCUT2D eigenvalue weighted by Gasteiger charge is -2.04. The van der Waals surface area contributed by atoms with E-state index >= 15 is 0 Å². The summed E-state index contributed by atoms with van der Waals surface area (Å²) in [6.45, 7) is 1.86. The fourth-order valence-corrected chi connectivity index (χ4v) is 2.25. The van der Waals surface area contributed by atoms with E-state index in [4.69, 9.17) is 0 Å². The molecule has 1 aromatic heterocycles. The molecule has 1 heterocycles. The van der Waals surface area contributed by atoms with E-state index in [1.807, 2.05) is 19.1 Å². The van der Waals surface area contributed by atoms with Crippen molar-refractivity contribution in [2.75, 3.05) is 12.4 Å².